The van der Waals surface area contributed by atoms with Gasteiger partial charge >= 0.3 is 0 Å². The number of halogens is 2. The number of benzene rings is 2. The van der Waals surface area contributed by atoms with Crippen molar-refractivity contribution in [3.8, 4) is 11.5 Å². The van der Waals surface area contributed by atoms with Gasteiger partial charge in [0.1, 0.15) is 11.5 Å². The Hall–Kier alpha value is -2.06. The van der Waals surface area contributed by atoms with E-state index in [0.29, 0.717) is 28.2 Å². The lowest BCUT2D eigenvalue weighted by molar-refractivity contribution is -0.120. The van der Waals surface area contributed by atoms with Crippen molar-refractivity contribution in [1.29, 1.82) is 0 Å². The van der Waals surface area contributed by atoms with E-state index in [1.165, 1.54) is 11.3 Å². The van der Waals surface area contributed by atoms with Crippen molar-refractivity contribution < 1.29 is 14.3 Å². The quantitative estimate of drug-likeness (QED) is 0.399. The number of nitrogens with zero attached hydrogens (tertiary/aromatic N) is 3. The van der Waals surface area contributed by atoms with Crippen LogP contribution in [0.5, 0.6) is 11.5 Å². The van der Waals surface area contributed by atoms with Crippen LogP contribution in [0.25, 0.3) is 10.2 Å². The molecule has 3 aromatic rings. The predicted octanol–water partition coefficient (Wildman–Crippen LogP) is 5.13. The molecule has 168 valence electrons. The Morgan fingerprint density at radius 3 is 2.55 bits per heavy atom. The van der Waals surface area contributed by atoms with Crippen LogP contribution in [-0.2, 0) is 4.79 Å². The molecule has 0 aliphatic rings. The molecule has 0 spiro atoms. The van der Waals surface area contributed by atoms with Gasteiger partial charge < -0.3 is 14.4 Å². The summed E-state index contributed by atoms with van der Waals surface area (Å²) in [6.45, 7) is 7.29. The third-order valence-corrected chi connectivity index (χ3v) is 6.09. The first kappa shape index (κ1) is 25.2. The Morgan fingerprint density at radius 1 is 1.10 bits per heavy atom. The summed E-state index contributed by atoms with van der Waals surface area (Å²) in [7, 11) is 1.60. The molecule has 1 amide bonds. The third-order valence-electron chi connectivity index (χ3n) is 4.81. The van der Waals surface area contributed by atoms with Crippen LogP contribution in [0.15, 0.2) is 42.5 Å². The van der Waals surface area contributed by atoms with Crippen molar-refractivity contribution in [2.45, 2.75) is 13.8 Å². The lowest BCUT2D eigenvalue weighted by Gasteiger charge is -2.24. The molecule has 0 bridgehead atoms. The molecular formula is C22H27Cl2N3O3S. The number of likely N-dealkylation sites (N-methyl/N-ethyl adjacent to an activating group) is 1. The number of carbonyl (C=O) groups excluding carboxylic acids is 1. The Bertz CT molecular complexity index is 995. The zero-order valence-corrected chi connectivity index (χ0v) is 20.2. The number of thiazole rings is 1. The Labute approximate surface area is 198 Å². The number of amides is 1. The summed E-state index contributed by atoms with van der Waals surface area (Å²) in [6, 6.07) is 12.8. The van der Waals surface area contributed by atoms with E-state index in [-0.39, 0.29) is 24.9 Å². The number of hydrogen-bond acceptors (Lipinski definition) is 6. The molecule has 0 saturated carbocycles. The third kappa shape index (κ3) is 6.71. The second kappa shape index (κ2) is 12.1. The van der Waals surface area contributed by atoms with Crippen molar-refractivity contribution in [1.82, 2.24) is 9.88 Å². The van der Waals surface area contributed by atoms with Gasteiger partial charge in [-0.05, 0) is 43.4 Å². The summed E-state index contributed by atoms with van der Waals surface area (Å²) >= 11 is 7.57. The van der Waals surface area contributed by atoms with Gasteiger partial charge in [0.2, 0.25) is 0 Å². The van der Waals surface area contributed by atoms with Gasteiger partial charge in [0.15, 0.2) is 11.7 Å². The summed E-state index contributed by atoms with van der Waals surface area (Å²) in [4.78, 5) is 21.7. The lowest BCUT2D eigenvalue weighted by atomic mass is 10.3. The van der Waals surface area contributed by atoms with Crippen LogP contribution < -0.4 is 14.4 Å². The van der Waals surface area contributed by atoms with Crippen molar-refractivity contribution in [3.05, 3.63) is 47.5 Å². The highest BCUT2D eigenvalue weighted by molar-refractivity contribution is 7.22. The number of anilines is 1. The summed E-state index contributed by atoms with van der Waals surface area (Å²) in [5.74, 6) is 1.12. The second-order valence-electron chi connectivity index (χ2n) is 6.65. The first-order valence-electron chi connectivity index (χ1n) is 9.89. The van der Waals surface area contributed by atoms with Crippen molar-refractivity contribution in [3.63, 3.8) is 0 Å². The standard InChI is InChI=1S/C22H26ClN3O3S.ClH/c1-4-25(5-2)11-12-26(22-24-19-10-9-16(23)13-20(19)30-22)21(27)15-29-18-8-6-7-17(14-18)28-3;/h6-10,13-14H,4-5,11-12,15H2,1-3H3;1H. The maximum atomic E-state index is 13.1. The van der Waals surface area contributed by atoms with Crippen LogP contribution in [0.2, 0.25) is 5.02 Å². The minimum atomic E-state index is -0.143. The highest BCUT2D eigenvalue weighted by Gasteiger charge is 2.21. The normalized spacial score (nSPS) is 10.7. The van der Waals surface area contributed by atoms with E-state index >= 15 is 0 Å². The predicted molar refractivity (Wildman–Crippen MR) is 131 cm³/mol. The molecule has 0 fully saturated rings. The molecule has 2 aromatic carbocycles. The number of aromatic nitrogens is 1. The fourth-order valence-electron chi connectivity index (χ4n) is 3.02. The van der Waals surface area contributed by atoms with E-state index in [0.717, 1.165) is 29.9 Å². The molecule has 0 aliphatic carbocycles. The first-order valence-corrected chi connectivity index (χ1v) is 11.1. The molecule has 1 aromatic heterocycles. The molecule has 6 nitrogen and oxygen atoms in total. The van der Waals surface area contributed by atoms with Crippen molar-refractivity contribution in [2.24, 2.45) is 0 Å². The molecule has 0 N–H and O–H groups in total. The van der Waals surface area contributed by atoms with Gasteiger partial charge in [-0.1, -0.05) is 42.9 Å². The van der Waals surface area contributed by atoms with Gasteiger partial charge in [-0.15, -0.1) is 12.4 Å². The van der Waals surface area contributed by atoms with E-state index in [2.05, 4.69) is 23.7 Å². The van der Waals surface area contributed by atoms with Crippen LogP contribution in [0.3, 0.4) is 0 Å². The summed E-state index contributed by atoms with van der Waals surface area (Å²) in [5.41, 5.74) is 0.828. The van der Waals surface area contributed by atoms with Gasteiger partial charge in [0, 0.05) is 24.2 Å². The molecule has 0 aliphatic heterocycles. The molecule has 3 rings (SSSR count). The summed E-state index contributed by atoms with van der Waals surface area (Å²) in [5, 5.41) is 1.30. The Kier molecular flexibility index (Phi) is 9.84. The smallest absolute Gasteiger partial charge is 0.266 e. The minimum Gasteiger partial charge on any atom is -0.497 e. The van der Waals surface area contributed by atoms with Gasteiger partial charge in [-0.25, -0.2) is 4.98 Å². The zero-order chi connectivity index (χ0) is 21.5. The first-order chi connectivity index (χ1) is 14.5. The molecule has 0 radical (unpaired) electrons. The van der Waals surface area contributed by atoms with Gasteiger partial charge in [0.05, 0.1) is 17.3 Å². The second-order valence-corrected chi connectivity index (χ2v) is 8.09. The highest BCUT2D eigenvalue weighted by Crippen LogP contribution is 2.31. The Balaban J connectivity index is 0.00000341. The number of hydrogen-bond donors (Lipinski definition) is 0. The molecule has 9 heteroatoms. The molecule has 0 unspecified atom stereocenters. The van der Waals surface area contributed by atoms with Gasteiger partial charge in [-0.3, -0.25) is 9.69 Å². The maximum absolute atomic E-state index is 13.1. The van der Waals surface area contributed by atoms with Crippen molar-refractivity contribution in [2.75, 3.05) is 44.8 Å². The maximum Gasteiger partial charge on any atom is 0.266 e. The number of methoxy groups -OCH3 is 1. The van der Waals surface area contributed by atoms with Crippen LogP contribution in [-0.4, -0.2) is 55.7 Å². The summed E-state index contributed by atoms with van der Waals surface area (Å²) in [6.07, 6.45) is 0. The minimum absolute atomic E-state index is 0. The SMILES string of the molecule is CCN(CC)CCN(C(=O)COc1cccc(OC)c1)c1nc2ccc(Cl)cc2s1.Cl. The van der Waals surface area contributed by atoms with E-state index in [9.17, 15) is 4.79 Å². The lowest BCUT2D eigenvalue weighted by Crippen LogP contribution is -2.41. The molecule has 1 heterocycles. The van der Waals surface area contributed by atoms with Crippen LogP contribution in [0.4, 0.5) is 5.13 Å². The van der Waals surface area contributed by atoms with Gasteiger partial charge in [0.25, 0.3) is 5.91 Å². The Morgan fingerprint density at radius 2 is 1.84 bits per heavy atom. The highest BCUT2D eigenvalue weighted by atomic mass is 35.5. The van der Waals surface area contributed by atoms with E-state index in [1.54, 1.807) is 30.2 Å². The van der Waals surface area contributed by atoms with Crippen molar-refractivity contribution >= 4 is 56.6 Å². The molecular weight excluding hydrogens is 457 g/mol. The summed E-state index contributed by atoms with van der Waals surface area (Å²) < 4.78 is 11.9. The molecule has 0 saturated heterocycles. The van der Waals surface area contributed by atoms with Crippen LogP contribution in [0, 0.1) is 0 Å². The topological polar surface area (TPSA) is 54.9 Å². The van der Waals surface area contributed by atoms with E-state index in [1.807, 2.05) is 24.3 Å². The average molecular weight is 484 g/mol. The fraction of sp³-hybridized carbons (Fsp3) is 0.364. The van der Waals surface area contributed by atoms with Crippen LogP contribution in [0.1, 0.15) is 13.8 Å². The van der Waals surface area contributed by atoms with E-state index < -0.39 is 0 Å². The molecule has 0 atom stereocenters. The number of carbonyl (C=O) groups is 1. The average Bonchev–Trinajstić information content (AvgIpc) is 3.18. The van der Waals surface area contributed by atoms with Crippen LogP contribution >= 0.6 is 35.3 Å². The monoisotopic (exact) mass is 483 g/mol. The number of rotatable bonds is 10. The number of ether oxygens (including phenoxy) is 2. The zero-order valence-electron chi connectivity index (χ0n) is 17.8. The van der Waals surface area contributed by atoms with Gasteiger partial charge in [-0.2, -0.15) is 0 Å². The molecule has 31 heavy (non-hydrogen) atoms. The van der Waals surface area contributed by atoms with E-state index in [4.69, 9.17) is 21.1 Å². The number of fused-ring (bicyclic) bond motifs is 1. The largest absolute Gasteiger partial charge is 0.497 e. The fourth-order valence-corrected chi connectivity index (χ4v) is 4.31.